The van der Waals surface area contributed by atoms with Gasteiger partial charge in [0.25, 0.3) is 0 Å². The summed E-state index contributed by atoms with van der Waals surface area (Å²) in [5.74, 6) is 0.442. The van der Waals surface area contributed by atoms with Crippen molar-refractivity contribution in [3.8, 4) is 0 Å². The zero-order valence-electron chi connectivity index (χ0n) is 9.02. The van der Waals surface area contributed by atoms with Crippen molar-refractivity contribution in [1.29, 1.82) is 0 Å². The molecule has 1 N–H and O–H groups in total. The molecule has 1 aromatic heterocycles. The molecular formula is C9H14N4O2. The minimum absolute atomic E-state index is 0.00538. The van der Waals surface area contributed by atoms with E-state index in [1.165, 1.54) is 6.20 Å². The summed E-state index contributed by atoms with van der Waals surface area (Å²) < 4.78 is 0. The van der Waals surface area contributed by atoms with Gasteiger partial charge in [0, 0.05) is 12.5 Å². The molecule has 0 spiro atoms. The number of hydrogen-bond acceptors (Lipinski definition) is 5. The molecule has 0 fully saturated rings. The minimum atomic E-state index is -0.453. The van der Waals surface area contributed by atoms with E-state index in [1.807, 2.05) is 20.8 Å². The smallest absolute Gasteiger partial charge is 0.309 e. The van der Waals surface area contributed by atoms with Crippen molar-refractivity contribution in [3.05, 3.63) is 22.0 Å². The second kappa shape index (κ2) is 4.68. The number of hydrogen-bond donors (Lipinski definition) is 1. The highest BCUT2D eigenvalue weighted by atomic mass is 16.6. The van der Waals surface area contributed by atoms with Crippen LogP contribution in [0.4, 0.5) is 11.6 Å². The monoisotopic (exact) mass is 210 g/mol. The van der Waals surface area contributed by atoms with Gasteiger partial charge in [-0.15, -0.1) is 0 Å². The van der Waals surface area contributed by atoms with E-state index in [9.17, 15) is 10.1 Å². The first-order chi connectivity index (χ1) is 7.06. The van der Waals surface area contributed by atoms with E-state index in [0.29, 0.717) is 18.2 Å². The molecule has 1 heterocycles. The first-order valence-corrected chi connectivity index (χ1v) is 4.81. The molecular weight excluding hydrogens is 196 g/mol. The molecule has 0 aliphatic rings. The van der Waals surface area contributed by atoms with Crippen LogP contribution in [0.25, 0.3) is 0 Å². The molecule has 0 saturated carbocycles. The topological polar surface area (TPSA) is 81.0 Å². The molecule has 1 aromatic rings. The van der Waals surface area contributed by atoms with E-state index in [0.717, 1.165) is 0 Å². The van der Waals surface area contributed by atoms with Crippen molar-refractivity contribution in [2.45, 2.75) is 26.7 Å². The Morgan fingerprint density at radius 3 is 2.73 bits per heavy atom. The SMILES string of the molecule is CCNc1ncc([N+](=O)[O-])c(C(C)C)n1. The lowest BCUT2D eigenvalue weighted by Crippen LogP contribution is -2.07. The van der Waals surface area contributed by atoms with Crippen molar-refractivity contribution in [1.82, 2.24) is 9.97 Å². The van der Waals surface area contributed by atoms with Crippen molar-refractivity contribution in [2.24, 2.45) is 0 Å². The van der Waals surface area contributed by atoms with Crippen LogP contribution >= 0.6 is 0 Å². The van der Waals surface area contributed by atoms with Gasteiger partial charge >= 0.3 is 5.69 Å². The Balaban J connectivity index is 3.15. The van der Waals surface area contributed by atoms with Crippen molar-refractivity contribution >= 4 is 11.6 Å². The zero-order chi connectivity index (χ0) is 11.4. The fraction of sp³-hybridized carbons (Fsp3) is 0.556. The Morgan fingerprint density at radius 2 is 2.27 bits per heavy atom. The molecule has 0 saturated heterocycles. The Hall–Kier alpha value is -1.72. The summed E-state index contributed by atoms with van der Waals surface area (Å²) in [7, 11) is 0. The molecule has 0 aliphatic heterocycles. The number of anilines is 1. The van der Waals surface area contributed by atoms with E-state index in [1.54, 1.807) is 0 Å². The van der Waals surface area contributed by atoms with Gasteiger partial charge in [-0.2, -0.15) is 0 Å². The van der Waals surface area contributed by atoms with Crippen LogP contribution < -0.4 is 5.32 Å². The molecule has 6 nitrogen and oxygen atoms in total. The fourth-order valence-electron chi connectivity index (χ4n) is 1.20. The van der Waals surface area contributed by atoms with E-state index in [-0.39, 0.29) is 11.6 Å². The second-order valence-electron chi connectivity index (χ2n) is 3.41. The molecule has 0 aromatic carbocycles. The van der Waals surface area contributed by atoms with E-state index in [2.05, 4.69) is 15.3 Å². The second-order valence-corrected chi connectivity index (χ2v) is 3.41. The summed E-state index contributed by atoms with van der Waals surface area (Å²) in [5.41, 5.74) is 0.442. The third-order valence-corrected chi connectivity index (χ3v) is 1.88. The highest BCUT2D eigenvalue weighted by Gasteiger charge is 2.19. The van der Waals surface area contributed by atoms with Crippen molar-refractivity contribution in [3.63, 3.8) is 0 Å². The largest absolute Gasteiger partial charge is 0.354 e. The number of rotatable bonds is 4. The highest BCUT2D eigenvalue weighted by molar-refractivity contribution is 5.39. The lowest BCUT2D eigenvalue weighted by Gasteiger charge is -2.07. The van der Waals surface area contributed by atoms with Gasteiger partial charge in [-0.25, -0.2) is 9.97 Å². The van der Waals surface area contributed by atoms with Gasteiger partial charge in [0.15, 0.2) is 0 Å². The maximum atomic E-state index is 10.7. The van der Waals surface area contributed by atoms with Gasteiger partial charge in [-0.3, -0.25) is 10.1 Å². The number of nitro groups is 1. The summed E-state index contributed by atoms with van der Waals surface area (Å²) >= 11 is 0. The Kier molecular flexibility index (Phi) is 3.54. The Bertz CT molecular complexity index is 365. The molecule has 0 bridgehead atoms. The molecule has 6 heteroatoms. The van der Waals surface area contributed by atoms with Crippen LogP contribution in [-0.4, -0.2) is 21.4 Å². The van der Waals surface area contributed by atoms with Gasteiger partial charge in [-0.05, 0) is 6.92 Å². The van der Waals surface area contributed by atoms with Crippen molar-refractivity contribution < 1.29 is 4.92 Å². The van der Waals surface area contributed by atoms with Crippen LogP contribution in [-0.2, 0) is 0 Å². The summed E-state index contributed by atoms with van der Waals surface area (Å²) in [6.07, 6.45) is 1.25. The van der Waals surface area contributed by atoms with Crippen LogP contribution in [0.5, 0.6) is 0 Å². The number of nitrogens with zero attached hydrogens (tertiary/aromatic N) is 3. The third-order valence-electron chi connectivity index (χ3n) is 1.88. The van der Waals surface area contributed by atoms with Gasteiger partial charge in [0.1, 0.15) is 11.9 Å². The average Bonchev–Trinajstić information content (AvgIpc) is 2.17. The predicted octanol–water partition coefficient (Wildman–Crippen LogP) is 1.94. The molecule has 82 valence electrons. The zero-order valence-corrected chi connectivity index (χ0v) is 9.02. The predicted molar refractivity (Wildman–Crippen MR) is 56.9 cm³/mol. The summed E-state index contributed by atoms with van der Waals surface area (Å²) in [4.78, 5) is 18.2. The van der Waals surface area contributed by atoms with Crippen LogP contribution in [0.3, 0.4) is 0 Å². The van der Waals surface area contributed by atoms with Gasteiger partial charge in [0.05, 0.1) is 4.92 Å². The minimum Gasteiger partial charge on any atom is -0.354 e. The molecule has 0 amide bonds. The Labute approximate surface area is 87.9 Å². The molecule has 0 radical (unpaired) electrons. The lowest BCUT2D eigenvalue weighted by molar-refractivity contribution is -0.386. The first kappa shape index (κ1) is 11.4. The standard InChI is InChI=1S/C9H14N4O2/c1-4-10-9-11-5-7(13(14)15)8(12-9)6(2)3/h5-6H,4H2,1-3H3,(H,10,11,12). The van der Waals surface area contributed by atoms with E-state index >= 15 is 0 Å². The normalized spacial score (nSPS) is 10.4. The first-order valence-electron chi connectivity index (χ1n) is 4.81. The molecule has 0 aliphatic carbocycles. The highest BCUT2D eigenvalue weighted by Crippen LogP contribution is 2.23. The molecule has 1 rings (SSSR count). The van der Waals surface area contributed by atoms with Crippen LogP contribution in [0.1, 0.15) is 32.4 Å². The average molecular weight is 210 g/mol. The maximum Gasteiger partial charge on any atom is 0.309 e. The third kappa shape index (κ3) is 2.61. The van der Waals surface area contributed by atoms with Gasteiger partial charge in [-0.1, -0.05) is 13.8 Å². The van der Waals surface area contributed by atoms with Gasteiger partial charge in [0.2, 0.25) is 5.95 Å². The van der Waals surface area contributed by atoms with Crippen molar-refractivity contribution in [2.75, 3.05) is 11.9 Å². The summed E-state index contributed by atoms with van der Waals surface area (Å²) in [6.45, 7) is 6.34. The number of aromatic nitrogens is 2. The number of nitrogens with one attached hydrogen (secondary N) is 1. The fourth-order valence-corrected chi connectivity index (χ4v) is 1.20. The van der Waals surface area contributed by atoms with Gasteiger partial charge < -0.3 is 5.32 Å². The Morgan fingerprint density at radius 1 is 1.60 bits per heavy atom. The maximum absolute atomic E-state index is 10.7. The molecule has 0 unspecified atom stereocenters. The van der Waals surface area contributed by atoms with Crippen LogP contribution in [0.2, 0.25) is 0 Å². The summed E-state index contributed by atoms with van der Waals surface area (Å²) in [6, 6.07) is 0. The van der Waals surface area contributed by atoms with Crippen LogP contribution in [0, 0.1) is 10.1 Å². The lowest BCUT2D eigenvalue weighted by atomic mass is 10.1. The van der Waals surface area contributed by atoms with Crippen LogP contribution in [0.15, 0.2) is 6.20 Å². The quantitative estimate of drug-likeness (QED) is 0.606. The summed E-state index contributed by atoms with van der Waals surface area (Å²) in [5, 5.41) is 13.6. The van der Waals surface area contributed by atoms with E-state index in [4.69, 9.17) is 0 Å². The molecule has 0 atom stereocenters. The van der Waals surface area contributed by atoms with E-state index < -0.39 is 4.92 Å². The molecule has 15 heavy (non-hydrogen) atoms.